The summed E-state index contributed by atoms with van der Waals surface area (Å²) in [6.45, 7) is 15.2. The van der Waals surface area contributed by atoms with Crippen molar-refractivity contribution in [2.45, 2.75) is 118 Å². The third-order valence-electron chi connectivity index (χ3n) is 13.1. The summed E-state index contributed by atoms with van der Waals surface area (Å²) >= 11 is 0. The topological polar surface area (TPSA) is 12.5 Å². The second-order valence-electron chi connectivity index (χ2n) is 13.9. The average Bonchev–Trinajstić information content (AvgIpc) is 3.57. The van der Waals surface area contributed by atoms with Crippen molar-refractivity contribution in [1.82, 2.24) is 0 Å². The maximum atomic E-state index is 6.43. The van der Waals surface area contributed by atoms with Gasteiger partial charge in [0.05, 0.1) is 12.2 Å². The fraction of sp³-hybridized carbons (Fsp3) is 1.00. The van der Waals surface area contributed by atoms with E-state index in [0.717, 1.165) is 52.8 Å². The quantitative estimate of drug-likeness (QED) is 0.421. The van der Waals surface area contributed by atoms with Crippen molar-refractivity contribution in [2.24, 2.45) is 63.6 Å². The van der Waals surface area contributed by atoms with E-state index in [-0.39, 0.29) is 0 Å². The van der Waals surface area contributed by atoms with E-state index in [4.69, 9.17) is 4.74 Å². The zero-order valence-electron chi connectivity index (χ0n) is 20.8. The maximum absolute atomic E-state index is 6.43. The van der Waals surface area contributed by atoms with Crippen molar-refractivity contribution in [3.63, 3.8) is 0 Å². The normalized spacial score (nSPS) is 57.9. The summed E-state index contributed by atoms with van der Waals surface area (Å²) in [6, 6.07) is 0. The van der Waals surface area contributed by atoms with Gasteiger partial charge in [-0.15, -0.1) is 0 Å². The lowest BCUT2D eigenvalue weighted by molar-refractivity contribution is -0.104. The van der Waals surface area contributed by atoms with Crippen LogP contribution in [-0.4, -0.2) is 12.2 Å². The first-order valence-electron chi connectivity index (χ1n) is 13.9. The van der Waals surface area contributed by atoms with Crippen LogP contribution < -0.4 is 0 Å². The van der Waals surface area contributed by atoms with Crippen LogP contribution in [0, 0.1) is 63.6 Å². The van der Waals surface area contributed by atoms with Crippen LogP contribution in [0.1, 0.15) is 106 Å². The van der Waals surface area contributed by atoms with E-state index in [1.807, 2.05) is 0 Å². The Hall–Kier alpha value is -0.0400. The molecule has 1 heteroatoms. The highest BCUT2D eigenvalue weighted by Gasteiger charge is 2.74. The van der Waals surface area contributed by atoms with Crippen LogP contribution in [-0.2, 0) is 4.74 Å². The Labute approximate surface area is 186 Å². The van der Waals surface area contributed by atoms with Gasteiger partial charge in [-0.2, -0.15) is 0 Å². The van der Waals surface area contributed by atoms with Crippen molar-refractivity contribution in [2.75, 3.05) is 0 Å². The summed E-state index contributed by atoms with van der Waals surface area (Å²) in [5, 5.41) is 0. The highest BCUT2D eigenvalue weighted by atomic mass is 16.6. The minimum Gasteiger partial charge on any atom is -0.369 e. The van der Waals surface area contributed by atoms with Gasteiger partial charge in [-0.1, -0.05) is 48.0 Å². The molecule has 5 aliphatic carbocycles. The van der Waals surface area contributed by atoms with Crippen LogP contribution in [0.15, 0.2) is 0 Å². The lowest BCUT2D eigenvalue weighted by Gasteiger charge is -2.59. The molecule has 0 aromatic carbocycles. The van der Waals surface area contributed by atoms with E-state index in [1.165, 1.54) is 25.7 Å². The Balaban J connectivity index is 1.20. The third kappa shape index (κ3) is 2.46. The number of epoxide rings is 1. The van der Waals surface area contributed by atoms with Gasteiger partial charge in [0.2, 0.25) is 0 Å². The van der Waals surface area contributed by atoms with Gasteiger partial charge in [0.1, 0.15) is 0 Å². The number of hydrogen-bond donors (Lipinski definition) is 0. The highest BCUT2D eigenvalue weighted by molar-refractivity contribution is 5.22. The van der Waals surface area contributed by atoms with Gasteiger partial charge in [-0.3, -0.25) is 0 Å². The Morgan fingerprint density at radius 2 is 1.67 bits per heavy atom. The Morgan fingerprint density at radius 3 is 2.37 bits per heavy atom. The summed E-state index contributed by atoms with van der Waals surface area (Å²) in [5.74, 6) is 7.44. The monoisotopic (exact) mass is 412 g/mol. The number of rotatable bonds is 5. The van der Waals surface area contributed by atoms with Crippen molar-refractivity contribution in [1.29, 1.82) is 0 Å². The lowest BCUT2D eigenvalue weighted by atomic mass is 9.46. The molecule has 6 aliphatic rings. The summed E-state index contributed by atoms with van der Waals surface area (Å²) in [5.41, 5.74) is 2.12. The van der Waals surface area contributed by atoms with Gasteiger partial charge in [-0.25, -0.2) is 0 Å². The fourth-order valence-corrected chi connectivity index (χ4v) is 11.4. The van der Waals surface area contributed by atoms with Gasteiger partial charge in [-0.05, 0) is 121 Å². The number of hydrogen-bond acceptors (Lipinski definition) is 1. The van der Waals surface area contributed by atoms with E-state index in [9.17, 15) is 0 Å². The van der Waals surface area contributed by atoms with Crippen molar-refractivity contribution < 1.29 is 4.74 Å². The molecule has 2 unspecified atom stereocenters. The molecular formula is C29H48O. The van der Waals surface area contributed by atoms with Gasteiger partial charge in [0, 0.05) is 0 Å². The maximum Gasteiger partial charge on any atom is 0.0875 e. The molecule has 1 nitrogen and oxygen atoms in total. The smallest absolute Gasteiger partial charge is 0.0875 e. The van der Waals surface area contributed by atoms with Crippen molar-refractivity contribution in [3.05, 3.63) is 0 Å². The average molecular weight is 413 g/mol. The zero-order valence-corrected chi connectivity index (χ0v) is 20.8. The summed E-state index contributed by atoms with van der Waals surface area (Å²) in [7, 11) is 0. The molecule has 1 heterocycles. The molecule has 12 atom stereocenters. The highest BCUT2D eigenvalue weighted by Crippen LogP contribution is 2.82. The third-order valence-corrected chi connectivity index (χ3v) is 13.1. The molecule has 0 amide bonds. The standard InChI is InChI=1S/C29H48O/c1-7-20(17(2)3)26-25(30-26)18(4)22-8-9-23-21-11-15-29-16-19(29)10-14-28(29,6)24(21)12-13-27(22,23)5/h17-26H,7-16H2,1-6H3/t18-,19+,20-,21-,22+,23-,24-,25?,26?,27+,28+,29-/m0/s1. The van der Waals surface area contributed by atoms with E-state index in [1.54, 1.807) is 38.5 Å². The predicted octanol–water partition coefficient (Wildman–Crippen LogP) is 7.73. The number of ether oxygens (including phenoxy) is 1. The minimum absolute atomic E-state index is 0.558. The van der Waals surface area contributed by atoms with Crippen LogP contribution in [0.25, 0.3) is 0 Å². The van der Waals surface area contributed by atoms with Crippen molar-refractivity contribution >= 4 is 0 Å². The minimum atomic E-state index is 0.558. The predicted molar refractivity (Wildman–Crippen MR) is 124 cm³/mol. The molecule has 6 fully saturated rings. The molecule has 30 heavy (non-hydrogen) atoms. The van der Waals surface area contributed by atoms with Gasteiger partial charge < -0.3 is 4.74 Å². The Bertz CT molecular complexity index is 698. The van der Waals surface area contributed by atoms with Crippen LogP contribution in [0.3, 0.4) is 0 Å². The molecule has 1 aliphatic heterocycles. The molecule has 1 spiro atoms. The molecule has 5 saturated carbocycles. The van der Waals surface area contributed by atoms with E-state index < -0.39 is 0 Å². The van der Waals surface area contributed by atoms with Gasteiger partial charge in [0.15, 0.2) is 0 Å². The zero-order chi connectivity index (χ0) is 21.1. The Kier molecular flexibility index (Phi) is 4.46. The first kappa shape index (κ1) is 20.6. The van der Waals surface area contributed by atoms with Crippen LogP contribution in [0.2, 0.25) is 0 Å². The second kappa shape index (κ2) is 6.51. The van der Waals surface area contributed by atoms with E-state index in [0.29, 0.717) is 23.0 Å². The molecule has 0 aromatic rings. The van der Waals surface area contributed by atoms with Crippen LogP contribution in [0.5, 0.6) is 0 Å². The van der Waals surface area contributed by atoms with Gasteiger partial charge in [0.25, 0.3) is 0 Å². The van der Waals surface area contributed by atoms with Crippen LogP contribution >= 0.6 is 0 Å². The molecule has 0 bridgehead atoms. The first-order valence-corrected chi connectivity index (χ1v) is 13.9. The number of fused-ring (bicyclic) bond motifs is 4. The molecule has 1 saturated heterocycles. The lowest BCUT2D eigenvalue weighted by Crippen LogP contribution is -2.52. The molecule has 6 rings (SSSR count). The molecule has 0 N–H and O–H groups in total. The largest absolute Gasteiger partial charge is 0.369 e. The second-order valence-corrected chi connectivity index (χ2v) is 13.9. The fourth-order valence-electron chi connectivity index (χ4n) is 11.4. The molecule has 170 valence electrons. The van der Waals surface area contributed by atoms with Gasteiger partial charge >= 0.3 is 0 Å². The summed E-state index contributed by atoms with van der Waals surface area (Å²) in [6.07, 6.45) is 16.4. The molecule has 0 radical (unpaired) electrons. The summed E-state index contributed by atoms with van der Waals surface area (Å²) in [4.78, 5) is 0. The first-order chi connectivity index (χ1) is 14.3. The molecular weight excluding hydrogens is 364 g/mol. The Morgan fingerprint density at radius 1 is 0.867 bits per heavy atom. The molecule has 0 aromatic heterocycles. The van der Waals surface area contributed by atoms with E-state index in [2.05, 4.69) is 41.5 Å². The van der Waals surface area contributed by atoms with E-state index >= 15 is 0 Å². The van der Waals surface area contributed by atoms with Crippen LogP contribution in [0.4, 0.5) is 0 Å². The SMILES string of the molecule is CC[C@@H](C(C)C)C1OC1[C@@H](C)[C@H]1CC[C@H]2[C@@H]3CC[C@]45C[C@H]4CC[C@]5(C)[C@H]3CC[C@]12C. The summed E-state index contributed by atoms with van der Waals surface area (Å²) < 4.78 is 6.43. The van der Waals surface area contributed by atoms with Crippen molar-refractivity contribution in [3.8, 4) is 0 Å².